The van der Waals surface area contributed by atoms with Gasteiger partial charge in [0.1, 0.15) is 5.82 Å². The second-order valence-electron chi connectivity index (χ2n) is 7.73. The van der Waals surface area contributed by atoms with E-state index in [0.29, 0.717) is 24.7 Å². The van der Waals surface area contributed by atoms with E-state index in [9.17, 15) is 13.2 Å². The Morgan fingerprint density at radius 1 is 0.906 bits per heavy atom. The van der Waals surface area contributed by atoms with Gasteiger partial charge in [-0.15, -0.1) is 5.10 Å². The first kappa shape index (κ1) is 20.2. The predicted octanol–water partition coefficient (Wildman–Crippen LogP) is 6.03. The van der Waals surface area contributed by atoms with Crippen molar-refractivity contribution in [3.8, 4) is 11.1 Å². The molecule has 1 aliphatic rings. The Morgan fingerprint density at radius 2 is 1.62 bits per heavy atom. The van der Waals surface area contributed by atoms with Crippen molar-refractivity contribution < 1.29 is 13.2 Å². The van der Waals surface area contributed by atoms with Gasteiger partial charge in [-0.3, -0.25) is 4.98 Å². The number of alkyl halides is 3. The highest BCUT2D eigenvalue weighted by Crippen LogP contribution is 2.40. The van der Waals surface area contributed by atoms with E-state index in [-0.39, 0.29) is 5.56 Å². The van der Waals surface area contributed by atoms with E-state index in [1.165, 1.54) is 6.07 Å². The number of aromatic nitrogens is 4. The number of anilines is 2. The van der Waals surface area contributed by atoms with Crippen molar-refractivity contribution in [3.05, 3.63) is 90.0 Å². The molecule has 2 aromatic heterocycles. The molecule has 32 heavy (non-hydrogen) atoms. The third kappa shape index (κ3) is 3.95. The first-order valence-corrected chi connectivity index (χ1v) is 10.4. The molecule has 0 spiro atoms. The van der Waals surface area contributed by atoms with Crippen LogP contribution < -0.4 is 5.32 Å². The zero-order chi connectivity index (χ0) is 22.1. The summed E-state index contributed by atoms with van der Waals surface area (Å²) in [6.07, 6.45) is 0.429. The lowest BCUT2D eigenvalue weighted by Crippen LogP contribution is -2.21. The van der Waals surface area contributed by atoms with Crippen LogP contribution in [-0.4, -0.2) is 19.7 Å². The molecule has 3 heterocycles. The summed E-state index contributed by atoms with van der Waals surface area (Å²) in [5.41, 5.74) is 2.56. The minimum Gasteiger partial charge on any atom is -0.323 e. The molecule has 0 fully saturated rings. The van der Waals surface area contributed by atoms with Crippen LogP contribution in [-0.2, 0) is 12.7 Å². The number of pyridine rings is 1. The molecule has 2 aromatic carbocycles. The van der Waals surface area contributed by atoms with Gasteiger partial charge in [0.25, 0.3) is 0 Å². The number of nitrogens with one attached hydrogen (secondary N) is 1. The molecule has 0 aliphatic carbocycles. The summed E-state index contributed by atoms with van der Waals surface area (Å²) in [5.74, 6) is 0.496. The van der Waals surface area contributed by atoms with Crippen LogP contribution >= 0.6 is 0 Å². The Labute approximate surface area is 183 Å². The van der Waals surface area contributed by atoms with Gasteiger partial charge in [-0.25, -0.2) is 4.68 Å². The van der Waals surface area contributed by atoms with E-state index in [2.05, 4.69) is 20.4 Å². The molecule has 5 rings (SSSR count). The van der Waals surface area contributed by atoms with Gasteiger partial charge in [-0.1, -0.05) is 30.3 Å². The number of aryl methyl sites for hydroxylation is 1. The fourth-order valence-corrected chi connectivity index (χ4v) is 4.18. The SMILES string of the molecule is FC(F)(F)c1ccccc1C1CCCn2nc(Nc3ccc(-c4ccncc4)cc3)nc21. The van der Waals surface area contributed by atoms with Crippen LogP contribution in [0, 0.1) is 0 Å². The number of fused-ring (bicyclic) bond motifs is 1. The molecule has 0 saturated heterocycles. The lowest BCUT2D eigenvalue weighted by atomic mass is 9.88. The van der Waals surface area contributed by atoms with E-state index in [1.807, 2.05) is 36.4 Å². The van der Waals surface area contributed by atoms with Crippen LogP contribution in [0.5, 0.6) is 0 Å². The number of hydrogen-bond donors (Lipinski definition) is 1. The van der Waals surface area contributed by atoms with Crippen molar-refractivity contribution in [1.29, 1.82) is 0 Å². The van der Waals surface area contributed by atoms with Crippen LogP contribution in [0.25, 0.3) is 11.1 Å². The van der Waals surface area contributed by atoms with Crippen molar-refractivity contribution >= 4 is 11.6 Å². The Morgan fingerprint density at radius 3 is 2.38 bits per heavy atom. The fraction of sp³-hybridized carbons (Fsp3) is 0.208. The third-order valence-corrected chi connectivity index (χ3v) is 5.67. The lowest BCUT2D eigenvalue weighted by molar-refractivity contribution is -0.138. The number of halogens is 3. The maximum Gasteiger partial charge on any atom is 0.416 e. The molecule has 1 N–H and O–H groups in total. The van der Waals surface area contributed by atoms with E-state index in [0.717, 1.165) is 29.3 Å². The van der Waals surface area contributed by atoms with Crippen molar-refractivity contribution in [2.24, 2.45) is 0 Å². The van der Waals surface area contributed by atoms with Crippen LogP contribution in [0.1, 0.15) is 35.7 Å². The Kier molecular flexibility index (Phi) is 5.13. The monoisotopic (exact) mass is 435 g/mol. The van der Waals surface area contributed by atoms with Crippen molar-refractivity contribution in [2.75, 3.05) is 5.32 Å². The minimum absolute atomic E-state index is 0.251. The molecule has 0 radical (unpaired) electrons. The van der Waals surface area contributed by atoms with E-state index < -0.39 is 17.7 Å². The summed E-state index contributed by atoms with van der Waals surface area (Å²) >= 11 is 0. The average molecular weight is 435 g/mol. The molecule has 1 aliphatic heterocycles. The summed E-state index contributed by atoms with van der Waals surface area (Å²) in [5, 5.41) is 7.68. The highest BCUT2D eigenvalue weighted by Gasteiger charge is 2.37. The number of benzene rings is 2. The minimum atomic E-state index is -4.41. The summed E-state index contributed by atoms with van der Waals surface area (Å²) in [6.45, 7) is 0.635. The topological polar surface area (TPSA) is 55.6 Å². The van der Waals surface area contributed by atoms with Crippen molar-refractivity contribution in [1.82, 2.24) is 19.7 Å². The molecular weight excluding hydrogens is 415 g/mol. The van der Waals surface area contributed by atoms with Crippen LogP contribution in [0.3, 0.4) is 0 Å². The van der Waals surface area contributed by atoms with Crippen molar-refractivity contribution in [3.63, 3.8) is 0 Å². The van der Waals surface area contributed by atoms with E-state index >= 15 is 0 Å². The van der Waals surface area contributed by atoms with Gasteiger partial charge in [0.2, 0.25) is 5.95 Å². The van der Waals surface area contributed by atoms with Gasteiger partial charge < -0.3 is 5.32 Å². The second-order valence-corrected chi connectivity index (χ2v) is 7.73. The van der Waals surface area contributed by atoms with E-state index in [1.54, 1.807) is 29.2 Å². The van der Waals surface area contributed by atoms with Gasteiger partial charge in [0, 0.05) is 30.5 Å². The predicted molar refractivity (Wildman–Crippen MR) is 115 cm³/mol. The Balaban J connectivity index is 1.41. The fourth-order valence-electron chi connectivity index (χ4n) is 4.18. The number of hydrogen-bond acceptors (Lipinski definition) is 4. The van der Waals surface area contributed by atoms with Gasteiger partial charge in [0.15, 0.2) is 0 Å². The largest absolute Gasteiger partial charge is 0.416 e. The Hall–Kier alpha value is -3.68. The van der Waals surface area contributed by atoms with Gasteiger partial charge in [-0.2, -0.15) is 18.2 Å². The summed E-state index contributed by atoms with van der Waals surface area (Å²) < 4.78 is 42.4. The molecule has 162 valence electrons. The number of rotatable bonds is 4. The standard InChI is InChI=1S/C24H20F3N5/c25-24(26,27)21-6-2-1-4-19(21)20-5-3-15-32-22(20)30-23(31-32)29-18-9-7-16(8-10-18)17-11-13-28-14-12-17/h1-2,4,6-14,20H,3,5,15H2,(H,29,31). The summed E-state index contributed by atoms with van der Waals surface area (Å²) in [6, 6.07) is 17.4. The van der Waals surface area contributed by atoms with Gasteiger partial charge in [-0.05, 0) is 59.9 Å². The summed E-state index contributed by atoms with van der Waals surface area (Å²) in [7, 11) is 0. The first-order valence-electron chi connectivity index (χ1n) is 10.4. The highest BCUT2D eigenvalue weighted by molar-refractivity contribution is 5.66. The van der Waals surface area contributed by atoms with Crippen LogP contribution in [0.15, 0.2) is 73.1 Å². The summed E-state index contributed by atoms with van der Waals surface area (Å²) in [4.78, 5) is 8.60. The van der Waals surface area contributed by atoms with Gasteiger partial charge in [0.05, 0.1) is 5.56 Å². The van der Waals surface area contributed by atoms with Crippen LogP contribution in [0.4, 0.5) is 24.8 Å². The van der Waals surface area contributed by atoms with E-state index in [4.69, 9.17) is 0 Å². The molecule has 1 atom stereocenters. The first-order chi connectivity index (χ1) is 15.5. The molecule has 5 nitrogen and oxygen atoms in total. The zero-order valence-corrected chi connectivity index (χ0v) is 17.0. The smallest absolute Gasteiger partial charge is 0.323 e. The normalized spacial score (nSPS) is 15.9. The van der Waals surface area contributed by atoms with Crippen LogP contribution in [0.2, 0.25) is 0 Å². The molecular formula is C24H20F3N5. The molecule has 0 saturated carbocycles. The average Bonchev–Trinajstić information content (AvgIpc) is 3.22. The highest BCUT2D eigenvalue weighted by atomic mass is 19.4. The maximum atomic E-state index is 13.6. The molecule has 0 amide bonds. The molecule has 0 bridgehead atoms. The van der Waals surface area contributed by atoms with Gasteiger partial charge >= 0.3 is 6.18 Å². The quantitative estimate of drug-likeness (QED) is 0.425. The molecule has 8 heteroatoms. The third-order valence-electron chi connectivity index (χ3n) is 5.67. The molecule has 4 aromatic rings. The second kappa shape index (κ2) is 8.11. The zero-order valence-electron chi connectivity index (χ0n) is 17.0. The maximum absolute atomic E-state index is 13.6. The van der Waals surface area contributed by atoms with Crippen molar-refractivity contribution in [2.45, 2.75) is 31.5 Å². The molecule has 1 unspecified atom stereocenters. The Bertz CT molecular complexity index is 1220. The number of nitrogens with zero attached hydrogens (tertiary/aromatic N) is 4. The lowest BCUT2D eigenvalue weighted by Gasteiger charge is -2.25.